The molecule has 1 unspecified atom stereocenters. The van der Waals surface area contributed by atoms with Gasteiger partial charge in [-0.25, -0.2) is 0 Å². The second kappa shape index (κ2) is 5.40. The Morgan fingerprint density at radius 3 is 2.35 bits per heavy atom. The van der Waals surface area contributed by atoms with Crippen LogP contribution in [0.1, 0.15) is 38.6 Å². The molecule has 1 aromatic heterocycles. The predicted molar refractivity (Wildman–Crippen MR) is 73.6 cm³/mol. The highest BCUT2D eigenvalue weighted by Crippen LogP contribution is 2.25. The van der Waals surface area contributed by atoms with Crippen LogP contribution in [0.3, 0.4) is 0 Å². The van der Waals surface area contributed by atoms with Crippen LogP contribution >= 0.6 is 11.6 Å². The molecule has 4 heteroatoms. The molecule has 0 saturated carbocycles. The first-order valence-corrected chi connectivity index (χ1v) is 6.47. The van der Waals surface area contributed by atoms with Crippen LogP contribution in [0.5, 0.6) is 0 Å². The summed E-state index contributed by atoms with van der Waals surface area (Å²) in [6.07, 6.45) is 2.04. The van der Waals surface area contributed by atoms with E-state index in [1.165, 1.54) is 0 Å². The van der Waals surface area contributed by atoms with Gasteiger partial charge in [0, 0.05) is 19.5 Å². The van der Waals surface area contributed by atoms with Gasteiger partial charge in [0.1, 0.15) is 0 Å². The number of likely N-dealkylation sites (N-methyl/N-ethyl adjacent to an activating group) is 1. The van der Waals surface area contributed by atoms with Crippen LogP contribution in [0.2, 0.25) is 5.02 Å². The normalized spacial score (nSPS) is 14.1. The standard InChI is InChI=1S/C13H24ClN3/c1-9-12(14)11(17(6)16-9)7-10(15-5)8-13(2,3)4/h10,15H,7-8H2,1-6H3. The lowest BCUT2D eigenvalue weighted by Crippen LogP contribution is -2.32. The summed E-state index contributed by atoms with van der Waals surface area (Å²) < 4.78 is 1.89. The van der Waals surface area contributed by atoms with E-state index in [-0.39, 0.29) is 0 Å². The number of rotatable bonds is 4. The second-order valence-electron chi connectivity index (χ2n) is 5.92. The molecule has 1 rings (SSSR count). The van der Waals surface area contributed by atoms with Crippen molar-refractivity contribution in [3.8, 4) is 0 Å². The molecular formula is C13H24ClN3. The van der Waals surface area contributed by atoms with Crippen LogP contribution in [-0.2, 0) is 13.5 Å². The minimum absolute atomic E-state index is 0.313. The number of aryl methyl sites for hydroxylation is 2. The van der Waals surface area contributed by atoms with E-state index in [0.29, 0.717) is 11.5 Å². The van der Waals surface area contributed by atoms with Crippen LogP contribution < -0.4 is 5.32 Å². The monoisotopic (exact) mass is 257 g/mol. The van der Waals surface area contributed by atoms with Crippen molar-refractivity contribution in [2.45, 2.75) is 46.6 Å². The molecule has 1 heterocycles. The molecule has 98 valence electrons. The van der Waals surface area contributed by atoms with Crippen LogP contribution in [0, 0.1) is 12.3 Å². The molecule has 1 aromatic rings. The molecule has 0 aliphatic carbocycles. The number of halogens is 1. The SMILES string of the molecule is CNC(Cc1c(Cl)c(C)nn1C)CC(C)(C)C. The zero-order chi connectivity index (χ0) is 13.2. The molecule has 0 radical (unpaired) electrons. The minimum atomic E-state index is 0.313. The average Bonchev–Trinajstić information content (AvgIpc) is 2.42. The first kappa shape index (κ1) is 14.5. The minimum Gasteiger partial charge on any atom is -0.317 e. The molecule has 3 nitrogen and oxygen atoms in total. The quantitative estimate of drug-likeness (QED) is 0.899. The van der Waals surface area contributed by atoms with Crippen LogP contribution in [0.4, 0.5) is 0 Å². The van der Waals surface area contributed by atoms with Gasteiger partial charge in [-0.3, -0.25) is 4.68 Å². The molecule has 17 heavy (non-hydrogen) atoms. The number of hydrogen-bond acceptors (Lipinski definition) is 2. The molecular weight excluding hydrogens is 234 g/mol. The first-order valence-electron chi connectivity index (χ1n) is 6.10. The molecule has 0 amide bonds. The molecule has 1 atom stereocenters. The zero-order valence-corrected chi connectivity index (χ0v) is 12.5. The summed E-state index contributed by atoms with van der Waals surface area (Å²) in [5.41, 5.74) is 2.34. The maximum atomic E-state index is 6.28. The fourth-order valence-electron chi connectivity index (χ4n) is 2.15. The highest BCUT2D eigenvalue weighted by Gasteiger charge is 2.21. The smallest absolute Gasteiger partial charge is 0.0847 e. The Hall–Kier alpha value is -0.540. The molecule has 0 aliphatic heterocycles. The van der Waals surface area contributed by atoms with Crippen molar-refractivity contribution in [2.75, 3.05) is 7.05 Å². The summed E-state index contributed by atoms with van der Waals surface area (Å²) in [5.74, 6) is 0. The van der Waals surface area contributed by atoms with E-state index >= 15 is 0 Å². The highest BCUT2D eigenvalue weighted by atomic mass is 35.5. The predicted octanol–water partition coefficient (Wildman–Crippen LogP) is 2.95. The highest BCUT2D eigenvalue weighted by molar-refractivity contribution is 6.31. The third kappa shape index (κ3) is 4.00. The Balaban J connectivity index is 2.81. The van der Waals surface area contributed by atoms with E-state index in [1.54, 1.807) is 0 Å². The summed E-state index contributed by atoms with van der Waals surface area (Å²) in [6.45, 7) is 8.72. The van der Waals surface area contributed by atoms with Gasteiger partial charge in [0.05, 0.1) is 16.4 Å². The topological polar surface area (TPSA) is 29.9 Å². The lowest BCUT2D eigenvalue weighted by atomic mass is 9.86. The van der Waals surface area contributed by atoms with Gasteiger partial charge in [0.2, 0.25) is 0 Å². The van der Waals surface area contributed by atoms with Crippen molar-refractivity contribution in [1.82, 2.24) is 15.1 Å². The van der Waals surface area contributed by atoms with E-state index in [4.69, 9.17) is 11.6 Å². The molecule has 0 saturated heterocycles. The molecule has 0 fully saturated rings. The van der Waals surface area contributed by atoms with Crippen LogP contribution in [0.15, 0.2) is 0 Å². The van der Waals surface area contributed by atoms with Crippen molar-refractivity contribution < 1.29 is 0 Å². The van der Waals surface area contributed by atoms with Crippen molar-refractivity contribution >= 4 is 11.6 Å². The Bertz CT molecular complexity index is 377. The summed E-state index contributed by atoms with van der Waals surface area (Å²) in [7, 11) is 3.96. The van der Waals surface area contributed by atoms with Gasteiger partial charge in [-0.2, -0.15) is 5.10 Å². The Kier molecular flexibility index (Phi) is 4.62. The van der Waals surface area contributed by atoms with Crippen molar-refractivity contribution in [2.24, 2.45) is 12.5 Å². The Labute approximate surface area is 110 Å². The first-order chi connectivity index (χ1) is 7.74. The summed E-state index contributed by atoms with van der Waals surface area (Å²) in [6, 6.07) is 0.433. The van der Waals surface area contributed by atoms with Gasteiger partial charge in [-0.15, -0.1) is 0 Å². The molecule has 0 aromatic carbocycles. The zero-order valence-electron chi connectivity index (χ0n) is 11.8. The van der Waals surface area contributed by atoms with Crippen LogP contribution in [-0.4, -0.2) is 22.9 Å². The van der Waals surface area contributed by atoms with Gasteiger partial charge in [-0.05, 0) is 25.8 Å². The Morgan fingerprint density at radius 1 is 1.41 bits per heavy atom. The molecule has 1 N–H and O–H groups in total. The van der Waals surface area contributed by atoms with E-state index in [2.05, 4.69) is 31.2 Å². The number of nitrogens with zero attached hydrogens (tertiary/aromatic N) is 2. The van der Waals surface area contributed by atoms with Gasteiger partial charge >= 0.3 is 0 Å². The van der Waals surface area contributed by atoms with Crippen molar-refractivity contribution in [1.29, 1.82) is 0 Å². The number of aromatic nitrogens is 2. The number of nitrogens with one attached hydrogen (secondary N) is 1. The van der Waals surface area contributed by atoms with Gasteiger partial charge in [0.25, 0.3) is 0 Å². The summed E-state index contributed by atoms with van der Waals surface area (Å²) >= 11 is 6.28. The maximum Gasteiger partial charge on any atom is 0.0847 e. The van der Waals surface area contributed by atoms with Crippen LogP contribution in [0.25, 0.3) is 0 Å². The lowest BCUT2D eigenvalue weighted by Gasteiger charge is -2.25. The van der Waals surface area contributed by atoms with E-state index in [9.17, 15) is 0 Å². The third-order valence-corrected chi connectivity index (χ3v) is 3.46. The fraction of sp³-hybridized carbons (Fsp3) is 0.769. The average molecular weight is 258 g/mol. The largest absolute Gasteiger partial charge is 0.317 e. The third-order valence-electron chi connectivity index (χ3n) is 2.97. The van der Waals surface area contributed by atoms with Gasteiger partial charge in [-0.1, -0.05) is 32.4 Å². The van der Waals surface area contributed by atoms with E-state index < -0.39 is 0 Å². The second-order valence-corrected chi connectivity index (χ2v) is 6.30. The van der Waals surface area contributed by atoms with Crippen molar-refractivity contribution in [3.63, 3.8) is 0 Å². The van der Waals surface area contributed by atoms with Gasteiger partial charge < -0.3 is 5.32 Å². The summed E-state index contributed by atoms with van der Waals surface area (Å²) in [4.78, 5) is 0. The maximum absolute atomic E-state index is 6.28. The van der Waals surface area contributed by atoms with E-state index in [0.717, 1.165) is 29.3 Å². The Morgan fingerprint density at radius 2 is 2.00 bits per heavy atom. The molecule has 0 bridgehead atoms. The molecule has 0 spiro atoms. The summed E-state index contributed by atoms with van der Waals surface area (Å²) in [5, 5.41) is 8.53. The van der Waals surface area contributed by atoms with Crippen molar-refractivity contribution in [3.05, 3.63) is 16.4 Å². The lowest BCUT2D eigenvalue weighted by molar-refractivity contribution is 0.313. The van der Waals surface area contributed by atoms with Gasteiger partial charge in [0.15, 0.2) is 0 Å². The number of hydrogen-bond donors (Lipinski definition) is 1. The van der Waals surface area contributed by atoms with E-state index in [1.807, 2.05) is 25.7 Å². The molecule has 0 aliphatic rings. The fourth-order valence-corrected chi connectivity index (χ4v) is 2.39.